The van der Waals surface area contributed by atoms with Gasteiger partial charge in [-0.15, -0.1) is 0 Å². The molecule has 1 fully saturated rings. The van der Waals surface area contributed by atoms with Crippen molar-refractivity contribution in [3.05, 3.63) is 0 Å². The molecule has 0 aromatic rings. The van der Waals surface area contributed by atoms with Crippen molar-refractivity contribution in [1.82, 2.24) is 9.80 Å². The number of amides is 1. The summed E-state index contributed by atoms with van der Waals surface area (Å²) < 4.78 is 0. The van der Waals surface area contributed by atoms with Crippen LogP contribution in [0, 0.1) is 5.92 Å². The second-order valence-electron chi connectivity index (χ2n) is 4.88. The predicted molar refractivity (Wildman–Crippen MR) is 61.5 cm³/mol. The zero-order valence-corrected chi connectivity index (χ0v) is 10.2. The Morgan fingerprint density at radius 1 is 1.40 bits per heavy atom. The van der Waals surface area contributed by atoms with E-state index >= 15 is 0 Å². The van der Waals surface area contributed by atoms with Crippen molar-refractivity contribution in [3.63, 3.8) is 0 Å². The van der Waals surface area contributed by atoms with Crippen LogP contribution in [0.15, 0.2) is 0 Å². The summed E-state index contributed by atoms with van der Waals surface area (Å²) >= 11 is 0. The Morgan fingerprint density at radius 3 is 2.47 bits per heavy atom. The van der Waals surface area contributed by atoms with Gasteiger partial charge in [0, 0.05) is 25.7 Å². The number of likely N-dealkylation sites (N-methyl/N-ethyl adjacent to an activating group) is 1. The lowest BCUT2D eigenvalue weighted by molar-refractivity contribution is -0.136. The molecule has 1 unspecified atom stereocenters. The molecule has 1 heterocycles. The van der Waals surface area contributed by atoms with Crippen molar-refractivity contribution >= 4 is 5.91 Å². The molecule has 0 saturated carbocycles. The third kappa shape index (κ3) is 2.92. The fourth-order valence-electron chi connectivity index (χ4n) is 1.74. The second kappa shape index (κ2) is 4.94. The summed E-state index contributed by atoms with van der Waals surface area (Å²) in [5, 5.41) is 0. The van der Waals surface area contributed by atoms with Crippen LogP contribution in [0.5, 0.6) is 0 Å². The third-order valence-electron chi connectivity index (χ3n) is 3.27. The molecule has 0 spiro atoms. The number of rotatable bonds is 2. The standard InChI is InChI=1S/C11H23N3O/c1-8(2)10(12)11(15)14-6-5-13(4)9(3)7-14/h8-10H,5-7,12H2,1-4H3/t9?,10-/m1/s1. The first kappa shape index (κ1) is 12.5. The highest BCUT2D eigenvalue weighted by molar-refractivity contribution is 5.82. The second-order valence-corrected chi connectivity index (χ2v) is 4.88. The quantitative estimate of drug-likeness (QED) is 0.709. The first-order valence-electron chi connectivity index (χ1n) is 5.68. The van der Waals surface area contributed by atoms with Crippen molar-refractivity contribution in [1.29, 1.82) is 0 Å². The molecule has 88 valence electrons. The van der Waals surface area contributed by atoms with E-state index in [2.05, 4.69) is 18.9 Å². The van der Waals surface area contributed by atoms with Gasteiger partial charge in [0.2, 0.25) is 5.91 Å². The lowest BCUT2D eigenvalue weighted by Gasteiger charge is -2.39. The van der Waals surface area contributed by atoms with Gasteiger partial charge in [0.1, 0.15) is 0 Å². The molecular formula is C11H23N3O. The van der Waals surface area contributed by atoms with Crippen LogP contribution in [0.1, 0.15) is 20.8 Å². The van der Waals surface area contributed by atoms with Gasteiger partial charge in [-0.3, -0.25) is 4.79 Å². The van der Waals surface area contributed by atoms with E-state index in [1.807, 2.05) is 18.7 Å². The van der Waals surface area contributed by atoms with Crippen molar-refractivity contribution in [2.75, 3.05) is 26.7 Å². The van der Waals surface area contributed by atoms with Gasteiger partial charge in [0.05, 0.1) is 6.04 Å². The van der Waals surface area contributed by atoms with Crippen LogP contribution >= 0.6 is 0 Å². The van der Waals surface area contributed by atoms with Gasteiger partial charge in [0.15, 0.2) is 0 Å². The van der Waals surface area contributed by atoms with E-state index < -0.39 is 0 Å². The van der Waals surface area contributed by atoms with Crippen LogP contribution in [0.4, 0.5) is 0 Å². The van der Waals surface area contributed by atoms with Gasteiger partial charge in [-0.1, -0.05) is 13.8 Å². The Kier molecular flexibility index (Phi) is 4.11. The molecule has 1 aliphatic heterocycles. The summed E-state index contributed by atoms with van der Waals surface area (Å²) in [5.41, 5.74) is 5.87. The van der Waals surface area contributed by atoms with Crippen LogP contribution in [0.25, 0.3) is 0 Å². The van der Waals surface area contributed by atoms with Gasteiger partial charge in [-0.05, 0) is 19.9 Å². The maximum absolute atomic E-state index is 12.0. The highest BCUT2D eigenvalue weighted by atomic mass is 16.2. The first-order valence-corrected chi connectivity index (χ1v) is 5.68. The Labute approximate surface area is 92.4 Å². The Hall–Kier alpha value is -0.610. The molecule has 1 saturated heterocycles. The van der Waals surface area contributed by atoms with Crippen LogP contribution in [-0.2, 0) is 4.79 Å². The van der Waals surface area contributed by atoms with Crippen molar-refractivity contribution in [3.8, 4) is 0 Å². The molecule has 0 radical (unpaired) electrons. The summed E-state index contributed by atoms with van der Waals surface area (Å²) in [7, 11) is 2.09. The number of nitrogens with zero attached hydrogens (tertiary/aromatic N) is 2. The predicted octanol–water partition coefficient (Wildman–Crippen LogP) is 0.132. The van der Waals surface area contributed by atoms with Gasteiger partial charge in [0.25, 0.3) is 0 Å². The van der Waals surface area contributed by atoms with Crippen molar-refractivity contribution < 1.29 is 4.79 Å². The normalized spacial score (nSPS) is 25.7. The highest BCUT2D eigenvalue weighted by Crippen LogP contribution is 2.10. The summed E-state index contributed by atoms with van der Waals surface area (Å²) in [4.78, 5) is 16.1. The molecule has 2 atom stereocenters. The number of nitrogens with two attached hydrogens (primary N) is 1. The van der Waals surface area contributed by atoms with Crippen LogP contribution in [0.3, 0.4) is 0 Å². The summed E-state index contributed by atoms with van der Waals surface area (Å²) in [6.07, 6.45) is 0. The zero-order chi connectivity index (χ0) is 11.6. The highest BCUT2D eigenvalue weighted by Gasteiger charge is 2.28. The molecule has 15 heavy (non-hydrogen) atoms. The van der Waals surface area contributed by atoms with Crippen molar-refractivity contribution in [2.24, 2.45) is 11.7 Å². The minimum atomic E-state index is -0.347. The zero-order valence-electron chi connectivity index (χ0n) is 10.2. The SMILES string of the molecule is CC(C)[C@@H](N)C(=O)N1CCN(C)C(C)C1. The largest absolute Gasteiger partial charge is 0.339 e. The Bertz CT molecular complexity index is 230. The van der Waals surface area contributed by atoms with Gasteiger partial charge >= 0.3 is 0 Å². The minimum absolute atomic E-state index is 0.102. The molecule has 4 nitrogen and oxygen atoms in total. The molecule has 0 aromatic carbocycles. The Balaban J connectivity index is 2.54. The van der Waals surface area contributed by atoms with E-state index in [9.17, 15) is 4.79 Å². The molecule has 4 heteroatoms. The fourth-order valence-corrected chi connectivity index (χ4v) is 1.74. The van der Waals surface area contributed by atoms with Crippen LogP contribution in [-0.4, -0.2) is 54.5 Å². The van der Waals surface area contributed by atoms with Crippen molar-refractivity contribution in [2.45, 2.75) is 32.9 Å². The van der Waals surface area contributed by atoms with E-state index in [0.29, 0.717) is 6.04 Å². The summed E-state index contributed by atoms with van der Waals surface area (Å²) in [6, 6.07) is 0.0858. The lowest BCUT2D eigenvalue weighted by atomic mass is 10.0. The summed E-state index contributed by atoms with van der Waals surface area (Å²) in [5.74, 6) is 0.317. The third-order valence-corrected chi connectivity index (χ3v) is 3.27. The molecule has 0 bridgehead atoms. The number of hydrogen-bond acceptors (Lipinski definition) is 3. The Morgan fingerprint density at radius 2 is 2.00 bits per heavy atom. The summed E-state index contributed by atoms with van der Waals surface area (Å²) in [6.45, 7) is 8.66. The fraction of sp³-hybridized carbons (Fsp3) is 0.909. The molecule has 0 aliphatic carbocycles. The average Bonchev–Trinajstić information content (AvgIpc) is 2.19. The maximum atomic E-state index is 12.0. The average molecular weight is 213 g/mol. The van der Waals surface area contributed by atoms with E-state index in [1.54, 1.807) is 0 Å². The van der Waals surface area contributed by atoms with E-state index in [4.69, 9.17) is 5.73 Å². The van der Waals surface area contributed by atoms with E-state index in [0.717, 1.165) is 19.6 Å². The molecule has 1 rings (SSSR count). The number of hydrogen-bond donors (Lipinski definition) is 1. The van der Waals surface area contributed by atoms with E-state index in [-0.39, 0.29) is 17.9 Å². The molecule has 0 aromatic heterocycles. The molecular weight excluding hydrogens is 190 g/mol. The molecule has 2 N–H and O–H groups in total. The van der Waals surface area contributed by atoms with Gasteiger partial charge < -0.3 is 15.5 Å². The lowest BCUT2D eigenvalue weighted by Crippen LogP contribution is -2.56. The van der Waals surface area contributed by atoms with Gasteiger partial charge in [-0.25, -0.2) is 0 Å². The van der Waals surface area contributed by atoms with E-state index in [1.165, 1.54) is 0 Å². The smallest absolute Gasteiger partial charge is 0.239 e. The number of carbonyl (C=O) groups is 1. The van der Waals surface area contributed by atoms with Crippen LogP contribution in [0.2, 0.25) is 0 Å². The van der Waals surface area contributed by atoms with Gasteiger partial charge in [-0.2, -0.15) is 0 Å². The number of carbonyl (C=O) groups excluding carboxylic acids is 1. The number of piperazine rings is 1. The van der Waals surface area contributed by atoms with Crippen LogP contribution < -0.4 is 5.73 Å². The monoisotopic (exact) mass is 213 g/mol. The molecule has 1 amide bonds. The first-order chi connectivity index (χ1) is 6.93. The maximum Gasteiger partial charge on any atom is 0.239 e. The molecule has 1 aliphatic rings. The minimum Gasteiger partial charge on any atom is -0.339 e. The topological polar surface area (TPSA) is 49.6 Å².